The number of carbonyl (C=O) groups excluding carboxylic acids is 2. The maximum Gasteiger partial charge on any atom is 0.290 e. The van der Waals surface area contributed by atoms with Gasteiger partial charge in [-0.05, 0) is 48.9 Å². The van der Waals surface area contributed by atoms with Crippen LogP contribution in [0.5, 0.6) is 0 Å². The van der Waals surface area contributed by atoms with Crippen LogP contribution in [-0.2, 0) is 17.8 Å². The number of amides is 2. The molecule has 5 nitrogen and oxygen atoms in total. The summed E-state index contributed by atoms with van der Waals surface area (Å²) in [5.41, 5.74) is 2.20. The lowest BCUT2D eigenvalue weighted by atomic mass is 9.93. The van der Waals surface area contributed by atoms with Gasteiger partial charge in [-0.25, -0.2) is 0 Å². The summed E-state index contributed by atoms with van der Waals surface area (Å²) < 4.78 is 5.29. The first-order valence-corrected chi connectivity index (χ1v) is 9.67. The number of hydrogen-bond donors (Lipinski definition) is 1. The van der Waals surface area contributed by atoms with Gasteiger partial charge in [0.15, 0.2) is 5.76 Å². The highest BCUT2D eigenvalue weighted by atomic mass is 16.3. The van der Waals surface area contributed by atoms with Crippen molar-refractivity contribution < 1.29 is 14.0 Å². The number of fused-ring (bicyclic) bond motifs is 1. The van der Waals surface area contributed by atoms with Crippen molar-refractivity contribution in [2.24, 2.45) is 5.92 Å². The molecule has 2 atom stereocenters. The molecule has 1 aliphatic rings. The molecule has 1 aliphatic heterocycles. The molecule has 0 radical (unpaired) electrons. The predicted molar refractivity (Wildman–Crippen MR) is 104 cm³/mol. The molecule has 144 valence electrons. The number of furan rings is 1. The van der Waals surface area contributed by atoms with Gasteiger partial charge in [-0.15, -0.1) is 0 Å². The van der Waals surface area contributed by atoms with Gasteiger partial charge in [0.1, 0.15) is 6.04 Å². The molecule has 0 fully saturated rings. The molecule has 2 heterocycles. The molecule has 2 amide bonds. The van der Waals surface area contributed by atoms with E-state index in [2.05, 4.69) is 19.2 Å². The number of carbonyl (C=O) groups is 2. The van der Waals surface area contributed by atoms with Gasteiger partial charge in [-0.1, -0.05) is 38.1 Å². The van der Waals surface area contributed by atoms with Crippen LogP contribution in [0.4, 0.5) is 0 Å². The van der Waals surface area contributed by atoms with Crippen molar-refractivity contribution in [2.45, 2.75) is 58.7 Å². The molecular formula is C22H28N2O3. The third-order valence-electron chi connectivity index (χ3n) is 5.11. The van der Waals surface area contributed by atoms with E-state index in [4.69, 9.17) is 4.42 Å². The highest BCUT2D eigenvalue weighted by molar-refractivity contribution is 5.96. The molecule has 27 heavy (non-hydrogen) atoms. The van der Waals surface area contributed by atoms with E-state index in [0.29, 0.717) is 18.9 Å². The second-order valence-corrected chi connectivity index (χ2v) is 7.78. The van der Waals surface area contributed by atoms with E-state index >= 15 is 0 Å². The maximum atomic E-state index is 13.0. The van der Waals surface area contributed by atoms with Crippen LogP contribution in [-0.4, -0.2) is 28.8 Å². The number of nitrogens with one attached hydrogen (secondary N) is 1. The van der Waals surface area contributed by atoms with E-state index in [1.54, 1.807) is 17.0 Å². The number of hydrogen-bond acceptors (Lipinski definition) is 3. The number of benzene rings is 1. The van der Waals surface area contributed by atoms with Crippen LogP contribution in [0.2, 0.25) is 0 Å². The fraction of sp³-hybridized carbons (Fsp3) is 0.455. The van der Waals surface area contributed by atoms with E-state index < -0.39 is 6.04 Å². The van der Waals surface area contributed by atoms with Crippen LogP contribution in [0.1, 0.15) is 55.3 Å². The minimum atomic E-state index is -0.529. The largest absolute Gasteiger partial charge is 0.459 e. The monoisotopic (exact) mass is 368 g/mol. The van der Waals surface area contributed by atoms with Crippen LogP contribution in [0.3, 0.4) is 0 Å². The lowest BCUT2D eigenvalue weighted by Gasteiger charge is -2.36. The summed E-state index contributed by atoms with van der Waals surface area (Å²) in [4.78, 5) is 27.6. The summed E-state index contributed by atoms with van der Waals surface area (Å²) in [7, 11) is 0. The van der Waals surface area contributed by atoms with Crippen molar-refractivity contribution in [3.05, 3.63) is 59.5 Å². The Hall–Kier alpha value is -2.56. The molecule has 1 N–H and O–H groups in total. The van der Waals surface area contributed by atoms with Crippen LogP contribution < -0.4 is 5.32 Å². The smallest absolute Gasteiger partial charge is 0.290 e. The first kappa shape index (κ1) is 19.2. The van der Waals surface area contributed by atoms with Crippen LogP contribution in [0.25, 0.3) is 0 Å². The summed E-state index contributed by atoms with van der Waals surface area (Å²) in [5, 5.41) is 3.10. The lowest BCUT2D eigenvalue weighted by Crippen LogP contribution is -2.54. The quantitative estimate of drug-likeness (QED) is 0.844. The van der Waals surface area contributed by atoms with Crippen molar-refractivity contribution in [2.75, 3.05) is 0 Å². The second kappa shape index (κ2) is 8.42. The van der Waals surface area contributed by atoms with E-state index in [9.17, 15) is 9.59 Å². The summed E-state index contributed by atoms with van der Waals surface area (Å²) in [6.45, 7) is 6.79. The highest BCUT2D eigenvalue weighted by Gasteiger charge is 2.36. The summed E-state index contributed by atoms with van der Waals surface area (Å²) in [6, 6.07) is 10.9. The molecule has 0 unspecified atom stereocenters. The van der Waals surface area contributed by atoms with Gasteiger partial charge in [-0.3, -0.25) is 9.59 Å². The molecule has 0 saturated heterocycles. The van der Waals surface area contributed by atoms with Gasteiger partial charge in [-0.2, -0.15) is 0 Å². The molecule has 5 heteroatoms. The van der Waals surface area contributed by atoms with Crippen molar-refractivity contribution in [1.82, 2.24) is 10.2 Å². The van der Waals surface area contributed by atoms with Crippen LogP contribution in [0, 0.1) is 5.92 Å². The molecule has 1 aromatic carbocycles. The van der Waals surface area contributed by atoms with Gasteiger partial charge in [0.05, 0.1) is 6.26 Å². The summed E-state index contributed by atoms with van der Waals surface area (Å²) in [6.07, 6.45) is 3.99. The van der Waals surface area contributed by atoms with Gasteiger partial charge in [0.25, 0.3) is 5.91 Å². The topological polar surface area (TPSA) is 62.6 Å². The van der Waals surface area contributed by atoms with Crippen molar-refractivity contribution >= 4 is 11.8 Å². The molecule has 3 rings (SSSR count). The molecule has 1 aromatic heterocycles. The van der Waals surface area contributed by atoms with E-state index in [1.807, 2.05) is 31.2 Å². The Balaban J connectivity index is 1.79. The fourth-order valence-corrected chi connectivity index (χ4v) is 3.51. The SMILES string of the molecule is CC(C)CC[C@H](C)NC(=O)[C@H]1Cc2ccccc2CN1C(=O)c1ccco1. The molecule has 2 aromatic rings. The van der Waals surface area contributed by atoms with Crippen LogP contribution >= 0.6 is 0 Å². The van der Waals surface area contributed by atoms with Gasteiger partial charge >= 0.3 is 0 Å². The Morgan fingerprint density at radius 3 is 2.52 bits per heavy atom. The molecule has 0 saturated carbocycles. The minimum Gasteiger partial charge on any atom is -0.459 e. The first-order valence-electron chi connectivity index (χ1n) is 9.67. The second-order valence-electron chi connectivity index (χ2n) is 7.78. The summed E-state index contributed by atoms with van der Waals surface area (Å²) in [5.74, 6) is 0.521. The molecule has 0 aliphatic carbocycles. The average Bonchev–Trinajstić information content (AvgIpc) is 3.19. The Labute approximate surface area is 160 Å². The van der Waals surface area contributed by atoms with Gasteiger partial charge in [0, 0.05) is 19.0 Å². The van der Waals surface area contributed by atoms with Crippen molar-refractivity contribution in [1.29, 1.82) is 0 Å². The Bertz CT molecular complexity index is 783. The van der Waals surface area contributed by atoms with Crippen molar-refractivity contribution in [3.8, 4) is 0 Å². The normalized spacial score (nSPS) is 17.5. The molecule has 0 spiro atoms. The zero-order valence-corrected chi connectivity index (χ0v) is 16.3. The van der Waals surface area contributed by atoms with Crippen LogP contribution in [0.15, 0.2) is 47.1 Å². The highest BCUT2D eigenvalue weighted by Crippen LogP contribution is 2.25. The zero-order chi connectivity index (χ0) is 19.4. The number of nitrogens with zero attached hydrogens (tertiary/aromatic N) is 1. The van der Waals surface area contributed by atoms with E-state index in [-0.39, 0.29) is 23.6 Å². The third-order valence-corrected chi connectivity index (χ3v) is 5.11. The standard InChI is InChI=1S/C22H28N2O3/c1-15(2)10-11-16(3)23-21(25)19-13-17-7-4-5-8-18(17)14-24(19)22(26)20-9-6-12-27-20/h4-9,12,15-16,19H,10-11,13-14H2,1-3H3,(H,23,25)/t16-,19+/m0/s1. The fourth-order valence-electron chi connectivity index (χ4n) is 3.51. The minimum absolute atomic E-state index is 0.0811. The lowest BCUT2D eigenvalue weighted by molar-refractivity contribution is -0.126. The maximum absolute atomic E-state index is 13.0. The Kier molecular flexibility index (Phi) is 5.99. The first-order chi connectivity index (χ1) is 13.0. The molecule has 0 bridgehead atoms. The van der Waals surface area contributed by atoms with E-state index in [1.165, 1.54) is 6.26 Å². The number of rotatable bonds is 6. The Morgan fingerprint density at radius 1 is 1.11 bits per heavy atom. The molecular weight excluding hydrogens is 340 g/mol. The van der Waals surface area contributed by atoms with E-state index in [0.717, 1.165) is 24.0 Å². The predicted octanol–water partition coefficient (Wildman–Crippen LogP) is 3.79. The van der Waals surface area contributed by atoms with Gasteiger partial charge in [0.2, 0.25) is 5.91 Å². The third kappa shape index (κ3) is 4.59. The summed E-state index contributed by atoms with van der Waals surface area (Å²) >= 11 is 0. The Morgan fingerprint density at radius 2 is 1.85 bits per heavy atom. The zero-order valence-electron chi connectivity index (χ0n) is 16.3. The van der Waals surface area contributed by atoms with Crippen molar-refractivity contribution in [3.63, 3.8) is 0 Å². The van der Waals surface area contributed by atoms with Gasteiger partial charge < -0.3 is 14.6 Å². The average molecular weight is 368 g/mol.